The van der Waals surface area contributed by atoms with E-state index < -0.39 is 0 Å². The highest BCUT2D eigenvalue weighted by Crippen LogP contribution is 2.25. The van der Waals surface area contributed by atoms with Gasteiger partial charge in [0.05, 0.1) is 11.4 Å². The molecule has 9 heteroatoms. The number of benzene rings is 2. The van der Waals surface area contributed by atoms with E-state index in [-0.39, 0.29) is 17.8 Å². The van der Waals surface area contributed by atoms with Crippen LogP contribution in [0.4, 0.5) is 16.2 Å². The molecule has 1 saturated heterocycles. The minimum absolute atomic E-state index is 0.247. The zero-order valence-corrected chi connectivity index (χ0v) is 24.8. The molecule has 9 nitrogen and oxygen atoms in total. The average molecular weight is 584 g/mol. The van der Waals surface area contributed by atoms with Crippen LogP contribution in [0.3, 0.4) is 0 Å². The summed E-state index contributed by atoms with van der Waals surface area (Å²) in [6, 6.07) is 14.1. The summed E-state index contributed by atoms with van der Waals surface area (Å²) < 4.78 is 11.5. The number of nitrogens with two attached hydrogens (primary N) is 1. The van der Waals surface area contributed by atoms with Crippen LogP contribution >= 0.6 is 0 Å². The van der Waals surface area contributed by atoms with Crippen LogP contribution in [0.1, 0.15) is 54.9 Å². The number of carbonyl (C=O) groups excluding carboxylic acids is 2. The maximum Gasteiger partial charge on any atom is 0.324 e. The predicted molar refractivity (Wildman–Crippen MR) is 168 cm³/mol. The Labute approximate surface area is 253 Å². The number of hydrogen-bond acceptors (Lipinski definition) is 6. The number of urea groups is 1. The van der Waals surface area contributed by atoms with Gasteiger partial charge in [-0.3, -0.25) is 10.1 Å². The van der Waals surface area contributed by atoms with Crippen LogP contribution in [0.5, 0.6) is 0 Å². The number of amides is 3. The van der Waals surface area contributed by atoms with Crippen molar-refractivity contribution in [2.75, 3.05) is 37.2 Å². The monoisotopic (exact) mass is 583 g/mol. The maximum atomic E-state index is 13.5. The second-order valence-corrected chi connectivity index (χ2v) is 11.3. The fourth-order valence-corrected chi connectivity index (χ4v) is 5.32. The number of rotatable bonds is 10. The summed E-state index contributed by atoms with van der Waals surface area (Å²) in [4.78, 5) is 30.6. The van der Waals surface area contributed by atoms with Gasteiger partial charge in [0.15, 0.2) is 12.0 Å². The van der Waals surface area contributed by atoms with Gasteiger partial charge in [0, 0.05) is 18.7 Å². The van der Waals surface area contributed by atoms with Crippen LogP contribution < -0.4 is 16.4 Å². The molecule has 0 saturated carbocycles. The molecule has 3 aliphatic rings. The molecule has 0 unspecified atom stereocenters. The summed E-state index contributed by atoms with van der Waals surface area (Å²) in [5.74, 6) is 1.38. The fraction of sp³-hybridized carbons (Fsp3) is 0.353. The number of piperidine rings is 1. The Morgan fingerprint density at radius 3 is 2.58 bits per heavy atom. The normalized spacial score (nSPS) is 17.1. The van der Waals surface area contributed by atoms with Crippen molar-refractivity contribution in [1.29, 1.82) is 0 Å². The molecule has 2 heterocycles. The molecule has 0 bridgehead atoms. The van der Waals surface area contributed by atoms with Gasteiger partial charge >= 0.3 is 6.03 Å². The lowest BCUT2D eigenvalue weighted by Gasteiger charge is -2.31. The van der Waals surface area contributed by atoms with E-state index in [0.29, 0.717) is 35.8 Å². The van der Waals surface area contributed by atoms with Crippen molar-refractivity contribution in [3.05, 3.63) is 108 Å². The van der Waals surface area contributed by atoms with Gasteiger partial charge in [0.25, 0.3) is 5.91 Å². The molecule has 1 fully saturated rings. The molecular formula is C34H41N5O4. The van der Waals surface area contributed by atoms with Crippen molar-refractivity contribution in [3.8, 4) is 0 Å². The van der Waals surface area contributed by atoms with E-state index in [1.54, 1.807) is 35.4 Å². The topological polar surface area (TPSA) is 109 Å². The van der Waals surface area contributed by atoms with Crippen molar-refractivity contribution in [3.63, 3.8) is 0 Å². The van der Waals surface area contributed by atoms with E-state index in [0.717, 1.165) is 56.0 Å². The van der Waals surface area contributed by atoms with Crippen molar-refractivity contribution in [1.82, 2.24) is 15.1 Å². The average Bonchev–Trinajstić information content (AvgIpc) is 3.03. The van der Waals surface area contributed by atoms with E-state index in [4.69, 9.17) is 15.2 Å². The molecule has 5 rings (SSSR count). The molecule has 0 aromatic heterocycles. The number of allylic oxidation sites excluding steroid dienone is 4. The third kappa shape index (κ3) is 8.51. The SMILES string of the molecule is CC1CCN(CCCN(Cc2ccc(C(=O)Nc3ccccc3N)cc2)C(=O)NC2=COC=C(C3=CC=CCC3)O2)CC1. The number of nitrogens with zero attached hydrogens (tertiary/aromatic N) is 2. The van der Waals surface area contributed by atoms with Crippen LogP contribution in [-0.2, 0) is 16.0 Å². The quantitative estimate of drug-likeness (QED) is 0.291. The first-order valence-corrected chi connectivity index (χ1v) is 15.1. The van der Waals surface area contributed by atoms with Crippen LogP contribution in [0.15, 0.2) is 96.5 Å². The minimum Gasteiger partial charge on any atom is -0.463 e. The number of anilines is 2. The van der Waals surface area contributed by atoms with Gasteiger partial charge in [0.2, 0.25) is 5.88 Å². The fourth-order valence-electron chi connectivity index (χ4n) is 5.32. The van der Waals surface area contributed by atoms with Crippen molar-refractivity contribution in [2.45, 2.75) is 45.6 Å². The Kier molecular flexibility index (Phi) is 10.2. The summed E-state index contributed by atoms with van der Waals surface area (Å²) in [5, 5.41) is 5.74. The van der Waals surface area contributed by atoms with Crippen LogP contribution in [0.25, 0.3) is 0 Å². The molecule has 0 radical (unpaired) electrons. The number of hydrogen-bond donors (Lipinski definition) is 3. The zero-order valence-electron chi connectivity index (χ0n) is 24.8. The lowest BCUT2D eigenvalue weighted by Crippen LogP contribution is -2.42. The van der Waals surface area contributed by atoms with Crippen molar-refractivity contribution >= 4 is 23.3 Å². The number of nitrogen functional groups attached to an aromatic ring is 1. The predicted octanol–water partition coefficient (Wildman–Crippen LogP) is 6.12. The Morgan fingerprint density at radius 1 is 1.05 bits per heavy atom. The lowest BCUT2D eigenvalue weighted by molar-refractivity contribution is 0.102. The number of nitrogens with one attached hydrogen (secondary N) is 2. The maximum absolute atomic E-state index is 13.5. The second kappa shape index (κ2) is 14.6. The molecule has 2 aromatic carbocycles. The molecule has 1 aliphatic carbocycles. The van der Waals surface area contributed by atoms with E-state index in [9.17, 15) is 9.59 Å². The highest BCUT2D eigenvalue weighted by molar-refractivity contribution is 6.05. The minimum atomic E-state index is -0.276. The molecule has 43 heavy (non-hydrogen) atoms. The molecule has 2 aliphatic heterocycles. The van der Waals surface area contributed by atoms with Crippen LogP contribution in [-0.4, -0.2) is 47.9 Å². The first-order chi connectivity index (χ1) is 20.9. The number of carbonyl (C=O) groups is 2. The lowest BCUT2D eigenvalue weighted by atomic mass is 9.99. The van der Waals surface area contributed by atoms with E-state index >= 15 is 0 Å². The van der Waals surface area contributed by atoms with Crippen LogP contribution in [0, 0.1) is 5.92 Å². The van der Waals surface area contributed by atoms with E-state index in [2.05, 4.69) is 28.5 Å². The standard InChI is InChI=1S/C34H41N5O4/c1-25-16-20-38(21-17-25)18-7-19-39(34(41)37-32-24-42-23-31(43-32)27-8-3-2-4-9-27)22-26-12-14-28(15-13-26)33(40)36-30-11-6-5-10-29(30)35/h2-3,5-6,8,10-15,23-25H,4,7,9,16-22,35H2,1H3,(H,36,40)(H,37,41). The van der Waals surface area contributed by atoms with Crippen LogP contribution in [0.2, 0.25) is 0 Å². The Hall–Kier alpha value is -4.50. The summed E-state index contributed by atoms with van der Waals surface area (Å²) in [6.07, 6.45) is 14.1. The first kappa shape index (κ1) is 30.0. The van der Waals surface area contributed by atoms with Gasteiger partial charge in [-0.05, 0) is 93.1 Å². The number of ether oxygens (including phenoxy) is 2. The number of likely N-dealkylation sites (tertiary alicyclic amines) is 1. The van der Waals surface area contributed by atoms with Gasteiger partial charge in [-0.2, -0.15) is 0 Å². The molecular weight excluding hydrogens is 542 g/mol. The third-order valence-corrected chi connectivity index (χ3v) is 7.99. The van der Waals surface area contributed by atoms with Crippen molar-refractivity contribution < 1.29 is 19.1 Å². The molecule has 3 amide bonds. The first-order valence-electron chi connectivity index (χ1n) is 15.1. The smallest absolute Gasteiger partial charge is 0.324 e. The van der Waals surface area contributed by atoms with Gasteiger partial charge in [0.1, 0.15) is 6.26 Å². The number of para-hydroxylation sites is 2. The molecule has 0 atom stereocenters. The van der Waals surface area contributed by atoms with E-state index in [1.165, 1.54) is 19.1 Å². The largest absolute Gasteiger partial charge is 0.463 e. The summed E-state index contributed by atoms with van der Waals surface area (Å²) in [7, 11) is 0. The van der Waals surface area contributed by atoms with Crippen molar-refractivity contribution in [2.24, 2.45) is 5.92 Å². The summed E-state index contributed by atoms with van der Waals surface area (Å²) >= 11 is 0. The Balaban J connectivity index is 1.22. The summed E-state index contributed by atoms with van der Waals surface area (Å²) in [6.45, 7) is 6.40. The molecule has 0 spiro atoms. The van der Waals surface area contributed by atoms with Gasteiger partial charge in [-0.25, -0.2) is 4.79 Å². The Bertz CT molecular complexity index is 1400. The third-order valence-electron chi connectivity index (χ3n) is 7.99. The van der Waals surface area contributed by atoms with Gasteiger partial charge in [-0.15, -0.1) is 0 Å². The molecule has 2 aromatic rings. The highest BCUT2D eigenvalue weighted by atomic mass is 16.6. The molecule has 226 valence electrons. The van der Waals surface area contributed by atoms with E-state index in [1.807, 2.05) is 36.4 Å². The Morgan fingerprint density at radius 2 is 1.84 bits per heavy atom. The molecule has 4 N–H and O–H groups in total. The zero-order chi connectivity index (χ0) is 30.0. The van der Waals surface area contributed by atoms with Gasteiger partial charge < -0.3 is 30.3 Å². The summed E-state index contributed by atoms with van der Waals surface area (Å²) in [5.41, 5.74) is 9.48. The highest BCUT2D eigenvalue weighted by Gasteiger charge is 2.22. The second-order valence-electron chi connectivity index (χ2n) is 11.3. The van der Waals surface area contributed by atoms with Gasteiger partial charge in [-0.1, -0.05) is 49.4 Å².